The zero-order valence-corrected chi connectivity index (χ0v) is 17.9. The van der Waals surface area contributed by atoms with Crippen LogP contribution in [0, 0.1) is 13.8 Å². The van der Waals surface area contributed by atoms with Crippen molar-refractivity contribution in [2.24, 2.45) is 0 Å². The molecule has 2 aliphatic rings. The van der Waals surface area contributed by atoms with Gasteiger partial charge in [-0.1, -0.05) is 19.3 Å². The Labute approximate surface area is 176 Å². The summed E-state index contributed by atoms with van der Waals surface area (Å²) in [5, 5.41) is 14.0. The molecule has 7 nitrogen and oxygen atoms in total. The van der Waals surface area contributed by atoms with Gasteiger partial charge in [0.2, 0.25) is 0 Å². The molecule has 0 amide bonds. The molecule has 1 aromatic carbocycles. The molecule has 0 spiro atoms. The van der Waals surface area contributed by atoms with Crippen molar-refractivity contribution in [1.29, 1.82) is 0 Å². The number of nitrogens with zero attached hydrogens (tertiary/aromatic N) is 5. The van der Waals surface area contributed by atoms with Gasteiger partial charge >= 0.3 is 0 Å². The maximum atomic E-state index is 13.3. The number of nitrogens with one attached hydrogen (secondary N) is 1. The minimum Gasteiger partial charge on any atom is -0.322 e. The van der Waals surface area contributed by atoms with E-state index in [0.29, 0.717) is 6.04 Å². The lowest BCUT2D eigenvalue weighted by atomic mass is 9.98. The van der Waals surface area contributed by atoms with Gasteiger partial charge in [0, 0.05) is 11.1 Å². The van der Waals surface area contributed by atoms with E-state index in [4.69, 9.17) is 0 Å². The second-order valence-electron chi connectivity index (χ2n) is 9.00. The van der Waals surface area contributed by atoms with Crippen LogP contribution in [0.5, 0.6) is 0 Å². The lowest BCUT2D eigenvalue weighted by Gasteiger charge is -2.34. The smallest absolute Gasteiger partial charge is 0.253 e. The summed E-state index contributed by atoms with van der Waals surface area (Å²) in [6, 6.07) is 6.42. The second kappa shape index (κ2) is 7.95. The number of fused-ring (bicyclic) bond motifs is 1. The maximum Gasteiger partial charge on any atom is 0.253 e. The Balaban J connectivity index is 1.66. The van der Waals surface area contributed by atoms with Crippen molar-refractivity contribution in [1.82, 2.24) is 30.1 Å². The third kappa shape index (κ3) is 3.45. The zero-order valence-electron chi connectivity index (χ0n) is 17.9. The van der Waals surface area contributed by atoms with E-state index in [1.807, 2.05) is 4.68 Å². The van der Waals surface area contributed by atoms with Crippen molar-refractivity contribution in [2.75, 3.05) is 13.1 Å². The lowest BCUT2D eigenvalue weighted by Crippen LogP contribution is -2.38. The van der Waals surface area contributed by atoms with E-state index in [9.17, 15) is 4.79 Å². The van der Waals surface area contributed by atoms with E-state index in [1.54, 1.807) is 0 Å². The van der Waals surface area contributed by atoms with Crippen LogP contribution >= 0.6 is 0 Å². The average molecular weight is 407 g/mol. The molecule has 1 saturated heterocycles. The fourth-order valence-electron chi connectivity index (χ4n) is 5.16. The largest absolute Gasteiger partial charge is 0.322 e. The number of tetrazole rings is 1. The summed E-state index contributed by atoms with van der Waals surface area (Å²) in [7, 11) is 0. The molecule has 1 aliphatic carbocycles. The molecular weight excluding hydrogens is 376 g/mol. The summed E-state index contributed by atoms with van der Waals surface area (Å²) in [6.45, 7) is 6.12. The molecule has 1 unspecified atom stereocenters. The normalized spacial score (nSPS) is 19.5. The predicted octanol–water partition coefficient (Wildman–Crippen LogP) is 3.82. The molecule has 3 aromatic rings. The molecular formula is C23H30N6O. The van der Waals surface area contributed by atoms with Gasteiger partial charge in [0.15, 0.2) is 5.82 Å². The van der Waals surface area contributed by atoms with Gasteiger partial charge in [-0.3, -0.25) is 9.69 Å². The van der Waals surface area contributed by atoms with Crippen LogP contribution in [0.1, 0.15) is 79.5 Å². The van der Waals surface area contributed by atoms with Gasteiger partial charge < -0.3 is 4.98 Å². The van der Waals surface area contributed by atoms with Crippen LogP contribution in [-0.2, 0) is 0 Å². The van der Waals surface area contributed by atoms with Gasteiger partial charge in [0.1, 0.15) is 6.04 Å². The summed E-state index contributed by atoms with van der Waals surface area (Å²) in [4.78, 5) is 18.8. The molecule has 1 aliphatic heterocycles. The van der Waals surface area contributed by atoms with Gasteiger partial charge in [0.25, 0.3) is 5.56 Å². The highest BCUT2D eigenvalue weighted by Gasteiger charge is 2.33. The molecule has 1 N–H and O–H groups in total. The standard InChI is InChI=1S/C23H30N6O/c1-15-12-17-14-19(23(30)24-20(17)13-16(15)2)21(28-10-6-3-7-11-28)22-25-26-27-29(22)18-8-4-5-9-18/h12-14,18,21H,3-11H2,1-2H3,(H,24,30). The number of H-pyrrole nitrogens is 1. The number of hydrogen-bond acceptors (Lipinski definition) is 5. The van der Waals surface area contributed by atoms with Crippen LogP contribution in [-0.4, -0.2) is 43.2 Å². The van der Waals surface area contributed by atoms with Crippen molar-refractivity contribution in [3.63, 3.8) is 0 Å². The van der Waals surface area contributed by atoms with Gasteiger partial charge in [-0.15, -0.1) is 5.10 Å². The van der Waals surface area contributed by atoms with Crippen LogP contribution in [0.15, 0.2) is 23.0 Å². The predicted molar refractivity (Wildman–Crippen MR) is 117 cm³/mol. The molecule has 3 heterocycles. The fraction of sp³-hybridized carbons (Fsp3) is 0.565. The molecule has 0 radical (unpaired) electrons. The van der Waals surface area contributed by atoms with Crippen LogP contribution in [0.3, 0.4) is 0 Å². The third-order valence-corrected chi connectivity index (χ3v) is 6.97. The number of aromatic nitrogens is 5. The molecule has 0 bridgehead atoms. The van der Waals surface area contributed by atoms with Crippen molar-refractivity contribution < 1.29 is 0 Å². The Morgan fingerprint density at radius 1 is 1.00 bits per heavy atom. The Morgan fingerprint density at radius 3 is 2.50 bits per heavy atom. The average Bonchev–Trinajstić information content (AvgIpc) is 3.43. The number of pyridine rings is 1. The summed E-state index contributed by atoms with van der Waals surface area (Å²) >= 11 is 0. The molecule has 30 heavy (non-hydrogen) atoms. The van der Waals surface area contributed by atoms with Crippen LogP contribution in [0.25, 0.3) is 10.9 Å². The van der Waals surface area contributed by atoms with Gasteiger partial charge in [0.05, 0.1) is 6.04 Å². The first kappa shape index (κ1) is 19.4. The number of likely N-dealkylation sites (tertiary alicyclic amines) is 1. The molecule has 1 saturated carbocycles. The van der Waals surface area contributed by atoms with Gasteiger partial charge in [-0.2, -0.15) is 0 Å². The molecule has 1 atom stereocenters. The van der Waals surface area contributed by atoms with Crippen molar-refractivity contribution in [3.05, 3.63) is 51.1 Å². The van der Waals surface area contributed by atoms with Crippen LogP contribution in [0.4, 0.5) is 0 Å². The molecule has 2 fully saturated rings. The molecule has 7 heteroatoms. The van der Waals surface area contributed by atoms with E-state index in [0.717, 1.165) is 61.1 Å². The van der Waals surface area contributed by atoms with Crippen molar-refractivity contribution in [3.8, 4) is 0 Å². The Morgan fingerprint density at radius 2 is 1.73 bits per heavy atom. The van der Waals surface area contributed by atoms with Crippen LogP contribution < -0.4 is 5.56 Å². The monoisotopic (exact) mass is 406 g/mol. The SMILES string of the molecule is Cc1cc2cc(C(c3nnnn3C3CCCC3)N3CCCCC3)c(=O)[nH]c2cc1C. The third-order valence-electron chi connectivity index (χ3n) is 6.97. The number of piperidine rings is 1. The minimum absolute atomic E-state index is 0.0395. The summed E-state index contributed by atoms with van der Waals surface area (Å²) in [5.74, 6) is 0.817. The molecule has 158 valence electrons. The number of aromatic amines is 1. The molecule has 5 rings (SSSR count). The number of rotatable bonds is 4. The first-order valence-corrected chi connectivity index (χ1v) is 11.3. The number of aryl methyl sites for hydroxylation is 2. The number of hydrogen-bond donors (Lipinski definition) is 1. The zero-order chi connectivity index (χ0) is 20.7. The van der Waals surface area contributed by atoms with E-state index < -0.39 is 0 Å². The molecule has 2 aromatic heterocycles. The Kier molecular flexibility index (Phi) is 5.15. The highest BCUT2D eigenvalue weighted by molar-refractivity contribution is 5.81. The second-order valence-corrected chi connectivity index (χ2v) is 9.00. The van der Waals surface area contributed by atoms with Crippen molar-refractivity contribution in [2.45, 2.75) is 70.9 Å². The fourth-order valence-corrected chi connectivity index (χ4v) is 5.16. The van der Waals surface area contributed by atoms with E-state index >= 15 is 0 Å². The summed E-state index contributed by atoms with van der Waals surface area (Å²) in [5.41, 5.74) is 4.01. The Hall–Kier alpha value is -2.54. The highest BCUT2D eigenvalue weighted by atomic mass is 16.1. The van der Waals surface area contributed by atoms with Crippen molar-refractivity contribution >= 4 is 10.9 Å². The quantitative estimate of drug-likeness (QED) is 0.712. The Bertz CT molecular complexity index is 1100. The summed E-state index contributed by atoms with van der Waals surface area (Å²) in [6.07, 6.45) is 8.18. The van der Waals surface area contributed by atoms with E-state index in [1.165, 1.54) is 30.4 Å². The van der Waals surface area contributed by atoms with Gasteiger partial charge in [-0.25, -0.2) is 4.68 Å². The van der Waals surface area contributed by atoms with E-state index in [2.05, 4.69) is 57.5 Å². The topological polar surface area (TPSA) is 79.7 Å². The maximum absolute atomic E-state index is 13.3. The lowest BCUT2D eigenvalue weighted by molar-refractivity contribution is 0.174. The first-order valence-electron chi connectivity index (χ1n) is 11.3. The minimum atomic E-state index is -0.212. The highest BCUT2D eigenvalue weighted by Crippen LogP contribution is 2.34. The summed E-state index contributed by atoms with van der Waals surface area (Å²) < 4.78 is 2.01. The van der Waals surface area contributed by atoms with E-state index in [-0.39, 0.29) is 11.6 Å². The number of benzene rings is 1. The van der Waals surface area contributed by atoms with Crippen LogP contribution in [0.2, 0.25) is 0 Å². The first-order chi connectivity index (χ1) is 14.6. The van der Waals surface area contributed by atoms with Gasteiger partial charge in [-0.05, 0) is 97.8 Å².